The van der Waals surface area contributed by atoms with Gasteiger partial charge in [-0.1, -0.05) is 0 Å². The fourth-order valence-electron chi connectivity index (χ4n) is 1.87. The van der Waals surface area contributed by atoms with Crippen molar-refractivity contribution in [1.29, 1.82) is 0 Å². The SMILES string of the molecule is CC1NCCCC1NC(=O)c1cn[nH]c1. The Bertz CT molecular complexity index is 322. The Kier molecular flexibility index (Phi) is 3.01. The maximum Gasteiger partial charge on any atom is 0.254 e. The van der Waals surface area contributed by atoms with Gasteiger partial charge >= 0.3 is 0 Å². The van der Waals surface area contributed by atoms with Gasteiger partial charge in [0.25, 0.3) is 5.91 Å². The van der Waals surface area contributed by atoms with E-state index in [2.05, 4.69) is 27.8 Å². The largest absolute Gasteiger partial charge is 0.348 e. The molecule has 2 rings (SSSR count). The average molecular weight is 208 g/mol. The van der Waals surface area contributed by atoms with Gasteiger partial charge in [0, 0.05) is 18.3 Å². The summed E-state index contributed by atoms with van der Waals surface area (Å²) in [7, 11) is 0. The fourth-order valence-corrected chi connectivity index (χ4v) is 1.87. The number of amides is 1. The lowest BCUT2D eigenvalue weighted by molar-refractivity contribution is 0.0920. The molecule has 15 heavy (non-hydrogen) atoms. The number of carbonyl (C=O) groups excluding carboxylic acids is 1. The summed E-state index contributed by atoms with van der Waals surface area (Å²) < 4.78 is 0. The third kappa shape index (κ3) is 2.36. The molecule has 5 heteroatoms. The van der Waals surface area contributed by atoms with Crippen LogP contribution in [0.25, 0.3) is 0 Å². The molecule has 1 aliphatic heterocycles. The van der Waals surface area contributed by atoms with Crippen LogP contribution < -0.4 is 10.6 Å². The van der Waals surface area contributed by atoms with Crippen LogP contribution in [0.2, 0.25) is 0 Å². The van der Waals surface area contributed by atoms with Crippen molar-refractivity contribution >= 4 is 5.91 Å². The van der Waals surface area contributed by atoms with Crippen LogP contribution in [-0.2, 0) is 0 Å². The summed E-state index contributed by atoms with van der Waals surface area (Å²) in [5.74, 6) is -0.0516. The first kappa shape index (κ1) is 10.2. The molecule has 2 unspecified atom stereocenters. The number of aromatic amines is 1. The van der Waals surface area contributed by atoms with E-state index in [4.69, 9.17) is 0 Å². The van der Waals surface area contributed by atoms with E-state index in [1.807, 2.05) is 0 Å². The summed E-state index contributed by atoms with van der Waals surface area (Å²) in [6.45, 7) is 3.14. The Balaban J connectivity index is 1.93. The van der Waals surface area contributed by atoms with E-state index in [-0.39, 0.29) is 11.9 Å². The van der Waals surface area contributed by atoms with Crippen LogP contribution in [0.15, 0.2) is 12.4 Å². The molecule has 0 saturated carbocycles. The highest BCUT2D eigenvalue weighted by Crippen LogP contribution is 2.09. The van der Waals surface area contributed by atoms with E-state index >= 15 is 0 Å². The Morgan fingerprint density at radius 1 is 1.67 bits per heavy atom. The van der Waals surface area contributed by atoms with E-state index in [0.29, 0.717) is 11.6 Å². The zero-order valence-electron chi connectivity index (χ0n) is 8.79. The smallest absolute Gasteiger partial charge is 0.254 e. The molecule has 2 heterocycles. The number of hydrogen-bond donors (Lipinski definition) is 3. The third-order valence-electron chi connectivity index (χ3n) is 2.84. The molecule has 0 radical (unpaired) electrons. The first-order chi connectivity index (χ1) is 7.27. The van der Waals surface area contributed by atoms with Crippen LogP contribution in [0, 0.1) is 0 Å². The van der Waals surface area contributed by atoms with Gasteiger partial charge in [0.05, 0.1) is 11.8 Å². The molecule has 1 fully saturated rings. The molecule has 1 amide bonds. The van der Waals surface area contributed by atoms with Crippen LogP contribution in [0.1, 0.15) is 30.1 Å². The van der Waals surface area contributed by atoms with Crippen molar-refractivity contribution < 1.29 is 4.79 Å². The van der Waals surface area contributed by atoms with Gasteiger partial charge in [0.2, 0.25) is 0 Å². The van der Waals surface area contributed by atoms with Crippen molar-refractivity contribution in [1.82, 2.24) is 20.8 Å². The van der Waals surface area contributed by atoms with Crippen LogP contribution >= 0.6 is 0 Å². The monoisotopic (exact) mass is 208 g/mol. The normalized spacial score (nSPS) is 26.2. The second-order valence-electron chi connectivity index (χ2n) is 3.95. The van der Waals surface area contributed by atoms with Crippen molar-refractivity contribution in [2.24, 2.45) is 0 Å². The summed E-state index contributed by atoms with van der Waals surface area (Å²) in [5, 5.41) is 12.7. The number of aromatic nitrogens is 2. The van der Waals surface area contributed by atoms with Crippen molar-refractivity contribution in [3.05, 3.63) is 18.0 Å². The van der Waals surface area contributed by atoms with Crippen molar-refractivity contribution in [3.63, 3.8) is 0 Å². The van der Waals surface area contributed by atoms with E-state index in [0.717, 1.165) is 19.4 Å². The maximum absolute atomic E-state index is 11.7. The standard InChI is InChI=1S/C10H16N4O/c1-7-9(3-2-4-11-7)14-10(15)8-5-12-13-6-8/h5-7,9,11H,2-4H2,1H3,(H,12,13)(H,14,15). The zero-order valence-corrected chi connectivity index (χ0v) is 8.79. The fraction of sp³-hybridized carbons (Fsp3) is 0.600. The molecule has 1 aromatic heterocycles. The van der Waals surface area contributed by atoms with Crippen LogP contribution in [0.3, 0.4) is 0 Å². The van der Waals surface area contributed by atoms with E-state index in [1.54, 1.807) is 6.20 Å². The molecule has 0 bridgehead atoms. The molecule has 1 aromatic rings. The maximum atomic E-state index is 11.7. The highest BCUT2D eigenvalue weighted by Gasteiger charge is 2.22. The van der Waals surface area contributed by atoms with E-state index < -0.39 is 0 Å². The third-order valence-corrected chi connectivity index (χ3v) is 2.84. The van der Waals surface area contributed by atoms with E-state index in [9.17, 15) is 4.79 Å². The minimum Gasteiger partial charge on any atom is -0.348 e. The molecule has 82 valence electrons. The molecule has 1 aliphatic rings. The van der Waals surface area contributed by atoms with Gasteiger partial charge in [-0.2, -0.15) is 5.10 Å². The minimum absolute atomic E-state index is 0.0516. The zero-order chi connectivity index (χ0) is 10.7. The van der Waals surface area contributed by atoms with Gasteiger partial charge in [0.1, 0.15) is 0 Å². The predicted molar refractivity (Wildman–Crippen MR) is 56.5 cm³/mol. The highest BCUT2D eigenvalue weighted by atomic mass is 16.1. The molecule has 3 N–H and O–H groups in total. The number of H-pyrrole nitrogens is 1. The van der Waals surface area contributed by atoms with E-state index in [1.165, 1.54) is 6.20 Å². The number of hydrogen-bond acceptors (Lipinski definition) is 3. The number of carbonyl (C=O) groups is 1. The Morgan fingerprint density at radius 2 is 2.53 bits per heavy atom. The van der Waals surface area contributed by atoms with Gasteiger partial charge in [-0.15, -0.1) is 0 Å². The van der Waals surface area contributed by atoms with Crippen molar-refractivity contribution in [2.75, 3.05) is 6.54 Å². The molecule has 0 aromatic carbocycles. The Labute approximate surface area is 88.6 Å². The molecular formula is C10H16N4O. The second-order valence-corrected chi connectivity index (χ2v) is 3.95. The molecular weight excluding hydrogens is 192 g/mol. The summed E-state index contributed by atoms with van der Waals surface area (Å²) in [4.78, 5) is 11.7. The van der Waals surface area contributed by atoms with Crippen LogP contribution in [-0.4, -0.2) is 34.7 Å². The van der Waals surface area contributed by atoms with Gasteiger partial charge in [-0.3, -0.25) is 9.89 Å². The quantitative estimate of drug-likeness (QED) is 0.654. The topological polar surface area (TPSA) is 69.8 Å². The Hall–Kier alpha value is -1.36. The lowest BCUT2D eigenvalue weighted by Crippen LogP contribution is -2.51. The molecule has 0 spiro atoms. The lowest BCUT2D eigenvalue weighted by atomic mass is 10.00. The highest BCUT2D eigenvalue weighted by molar-refractivity contribution is 5.93. The number of piperidine rings is 1. The average Bonchev–Trinajstić information content (AvgIpc) is 2.74. The summed E-state index contributed by atoms with van der Waals surface area (Å²) in [6, 6.07) is 0.566. The predicted octanol–water partition coefficient (Wildman–Crippen LogP) is 0.280. The van der Waals surface area contributed by atoms with Crippen molar-refractivity contribution in [2.45, 2.75) is 31.8 Å². The lowest BCUT2D eigenvalue weighted by Gasteiger charge is -2.30. The number of nitrogens with zero attached hydrogens (tertiary/aromatic N) is 1. The molecule has 0 aliphatic carbocycles. The van der Waals surface area contributed by atoms with Gasteiger partial charge in [0.15, 0.2) is 0 Å². The molecule has 5 nitrogen and oxygen atoms in total. The first-order valence-corrected chi connectivity index (χ1v) is 5.30. The van der Waals surface area contributed by atoms with Gasteiger partial charge in [-0.25, -0.2) is 0 Å². The second kappa shape index (κ2) is 4.44. The van der Waals surface area contributed by atoms with Gasteiger partial charge in [-0.05, 0) is 26.3 Å². The van der Waals surface area contributed by atoms with Gasteiger partial charge < -0.3 is 10.6 Å². The summed E-state index contributed by atoms with van der Waals surface area (Å²) in [6.07, 6.45) is 5.30. The van der Waals surface area contributed by atoms with Crippen LogP contribution in [0.5, 0.6) is 0 Å². The van der Waals surface area contributed by atoms with Crippen LogP contribution in [0.4, 0.5) is 0 Å². The summed E-state index contributed by atoms with van der Waals surface area (Å²) in [5.41, 5.74) is 0.591. The molecule has 1 saturated heterocycles. The summed E-state index contributed by atoms with van der Waals surface area (Å²) >= 11 is 0. The molecule has 2 atom stereocenters. The minimum atomic E-state index is -0.0516. The number of nitrogens with one attached hydrogen (secondary N) is 3. The Morgan fingerprint density at radius 3 is 3.20 bits per heavy atom. The number of rotatable bonds is 2. The first-order valence-electron chi connectivity index (χ1n) is 5.30. The van der Waals surface area contributed by atoms with Crippen molar-refractivity contribution in [3.8, 4) is 0 Å².